The molecule has 1 unspecified atom stereocenters. The number of aryl methyl sites for hydroxylation is 1. The van der Waals surface area contributed by atoms with E-state index in [0.717, 1.165) is 22.4 Å². The van der Waals surface area contributed by atoms with Crippen molar-refractivity contribution in [3.05, 3.63) is 70.1 Å². The van der Waals surface area contributed by atoms with Gasteiger partial charge in [-0.3, -0.25) is 9.59 Å². The molecule has 7 nitrogen and oxygen atoms in total. The third kappa shape index (κ3) is 2.94. The average molecular weight is 377 g/mol. The summed E-state index contributed by atoms with van der Waals surface area (Å²) in [7, 11) is 1.47. The number of fused-ring (bicyclic) bond motifs is 2. The molecule has 1 aliphatic rings. The Kier molecular flexibility index (Phi) is 4.43. The molecule has 4 rings (SSSR count). The zero-order valence-electron chi connectivity index (χ0n) is 15.6. The second-order valence-corrected chi connectivity index (χ2v) is 6.74. The molecule has 0 spiro atoms. The lowest BCUT2D eigenvalue weighted by Crippen LogP contribution is -2.39. The van der Waals surface area contributed by atoms with E-state index >= 15 is 0 Å². The Morgan fingerprint density at radius 1 is 1.07 bits per heavy atom. The van der Waals surface area contributed by atoms with Crippen LogP contribution in [0.5, 0.6) is 0 Å². The summed E-state index contributed by atoms with van der Waals surface area (Å²) in [5.41, 5.74) is 1.66. The van der Waals surface area contributed by atoms with Crippen LogP contribution in [0.3, 0.4) is 0 Å². The number of carbonyl (C=O) groups excluding carboxylic acids is 2. The highest BCUT2D eigenvalue weighted by Crippen LogP contribution is 2.28. The molecule has 1 aromatic heterocycles. The molecule has 0 bridgehead atoms. The van der Waals surface area contributed by atoms with Crippen molar-refractivity contribution in [3.8, 4) is 0 Å². The third-order valence-corrected chi connectivity index (χ3v) is 4.93. The van der Waals surface area contributed by atoms with Gasteiger partial charge in [-0.05, 0) is 31.0 Å². The normalized spacial score (nSPS) is 14.0. The number of ether oxygens (including phenoxy) is 1. The van der Waals surface area contributed by atoms with Crippen LogP contribution in [-0.4, -0.2) is 34.3 Å². The first kappa shape index (κ1) is 17.9. The van der Waals surface area contributed by atoms with Crippen molar-refractivity contribution in [3.63, 3.8) is 0 Å². The smallest absolute Gasteiger partial charge is 0.360 e. The molecule has 0 aliphatic carbocycles. The molecular formula is C21H19N3O4. The van der Waals surface area contributed by atoms with Gasteiger partial charge in [0.15, 0.2) is 11.8 Å². The van der Waals surface area contributed by atoms with Crippen molar-refractivity contribution in [2.45, 2.75) is 19.4 Å². The highest BCUT2D eigenvalue weighted by Gasteiger charge is 2.30. The van der Waals surface area contributed by atoms with Gasteiger partial charge in [0.2, 0.25) is 0 Å². The van der Waals surface area contributed by atoms with Crippen LogP contribution in [0.1, 0.15) is 23.0 Å². The number of anilines is 1. The van der Waals surface area contributed by atoms with Gasteiger partial charge in [-0.2, -0.15) is 5.10 Å². The van der Waals surface area contributed by atoms with Crippen LogP contribution in [0.25, 0.3) is 10.8 Å². The molecule has 1 atom stereocenters. The summed E-state index contributed by atoms with van der Waals surface area (Å²) in [6, 6.07) is 14.4. The molecule has 1 aliphatic heterocycles. The highest BCUT2D eigenvalue weighted by molar-refractivity contribution is 6.04. The van der Waals surface area contributed by atoms with Gasteiger partial charge >= 0.3 is 5.97 Å². The number of amides is 1. The monoisotopic (exact) mass is 377 g/mol. The average Bonchev–Trinajstić information content (AvgIpc) is 3.14. The van der Waals surface area contributed by atoms with Crippen LogP contribution in [0.15, 0.2) is 53.3 Å². The zero-order chi connectivity index (χ0) is 19.8. The van der Waals surface area contributed by atoms with Crippen molar-refractivity contribution in [1.29, 1.82) is 0 Å². The fraction of sp³-hybridized carbons (Fsp3) is 0.238. The van der Waals surface area contributed by atoms with E-state index in [4.69, 9.17) is 4.74 Å². The van der Waals surface area contributed by atoms with E-state index in [2.05, 4.69) is 5.10 Å². The van der Waals surface area contributed by atoms with Gasteiger partial charge in [-0.1, -0.05) is 36.4 Å². The van der Waals surface area contributed by atoms with Crippen molar-refractivity contribution < 1.29 is 14.3 Å². The molecule has 0 N–H and O–H groups in total. The van der Waals surface area contributed by atoms with Gasteiger partial charge in [0.25, 0.3) is 11.5 Å². The molecule has 0 saturated carbocycles. The SMILES string of the molecule is CC(OC(=O)c1nn(C)c(=O)c2ccccc12)C(=O)N1CCc2ccccc21. The number of esters is 1. The topological polar surface area (TPSA) is 81.5 Å². The van der Waals surface area contributed by atoms with E-state index in [1.54, 1.807) is 36.1 Å². The predicted molar refractivity (Wildman–Crippen MR) is 104 cm³/mol. The quantitative estimate of drug-likeness (QED) is 0.653. The number of benzene rings is 2. The second kappa shape index (κ2) is 6.92. The molecule has 7 heteroatoms. The Labute approximate surface area is 161 Å². The lowest BCUT2D eigenvalue weighted by atomic mass is 10.1. The number of hydrogen-bond acceptors (Lipinski definition) is 5. The molecule has 2 heterocycles. The van der Waals surface area contributed by atoms with Gasteiger partial charge in [-0.15, -0.1) is 0 Å². The number of carbonyl (C=O) groups is 2. The van der Waals surface area contributed by atoms with Gasteiger partial charge in [0.1, 0.15) is 0 Å². The first-order valence-corrected chi connectivity index (χ1v) is 9.03. The summed E-state index contributed by atoms with van der Waals surface area (Å²) in [6.07, 6.45) is -0.202. The predicted octanol–water partition coefficient (Wildman–Crippen LogP) is 2.07. The maximum absolute atomic E-state index is 12.8. The molecular weight excluding hydrogens is 358 g/mol. The Morgan fingerprint density at radius 3 is 2.54 bits per heavy atom. The van der Waals surface area contributed by atoms with Crippen molar-refractivity contribution in [2.75, 3.05) is 11.4 Å². The summed E-state index contributed by atoms with van der Waals surface area (Å²) in [5.74, 6) is -1.02. The number of para-hydroxylation sites is 1. The van der Waals surface area contributed by atoms with Gasteiger partial charge in [0.05, 0.1) is 5.39 Å². The Bertz CT molecular complexity index is 1150. The number of aromatic nitrogens is 2. The van der Waals surface area contributed by atoms with Crippen molar-refractivity contribution in [2.24, 2.45) is 7.05 Å². The van der Waals surface area contributed by atoms with E-state index in [0.29, 0.717) is 17.3 Å². The number of hydrogen-bond donors (Lipinski definition) is 0. The lowest BCUT2D eigenvalue weighted by molar-refractivity contribution is -0.126. The van der Waals surface area contributed by atoms with Crippen LogP contribution in [-0.2, 0) is 23.0 Å². The van der Waals surface area contributed by atoms with Gasteiger partial charge in [0, 0.05) is 24.7 Å². The standard InChI is InChI=1S/C21H19N3O4/c1-13(19(25)24-12-11-14-7-3-6-10-17(14)24)28-21(27)18-15-8-4-5-9-16(15)20(26)23(2)22-18/h3-10,13H,11-12H2,1-2H3. The minimum Gasteiger partial charge on any atom is -0.448 e. The van der Waals surface area contributed by atoms with E-state index in [1.807, 2.05) is 24.3 Å². The van der Waals surface area contributed by atoms with Gasteiger partial charge in [-0.25, -0.2) is 9.48 Å². The third-order valence-electron chi connectivity index (χ3n) is 4.93. The lowest BCUT2D eigenvalue weighted by Gasteiger charge is -2.21. The minimum atomic E-state index is -0.976. The van der Waals surface area contributed by atoms with E-state index < -0.39 is 12.1 Å². The summed E-state index contributed by atoms with van der Waals surface area (Å²) >= 11 is 0. The maximum Gasteiger partial charge on any atom is 0.360 e. The largest absolute Gasteiger partial charge is 0.448 e. The van der Waals surface area contributed by atoms with Crippen LogP contribution in [0.2, 0.25) is 0 Å². The fourth-order valence-electron chi connectivity index (χ4n) is 3.50. The van der Waals surface area contributed by atoms with Crippen LogP contribution >= 0.6 is 0 Å². The van der Waals surface area contributed by atoms with Crippen LogP contribution in [0, 0.1) is 0 Å². The van der Waals surface area contributed by atoms with Crippen molar-refractivity contribution >= 4 is 28.3 Å². The molecule has 3 aromatic rings. The summed E-state index contributed by atoms with van der Waals surface area (Å²) in [5, 5.41) is 4.83. The molecule has 0 fully saturated rings. The van der Waals surface area contributed by atoms with E-state index in [1.165, 1.54) is 7.05 Å². The molecule has 1 amide bonds. The molecule has 2 aromatic carbocycles. The highest BCUT2D eigenvalue weighted by atomic mass is 16.5. The Balaban J connectivity index is 1.59. The first-order chi connectivity index (χ1) is 13.5. The summed E-state index contributed by atoms with van der Waals surface area (Å²) in [6.45, 7) is 2.10. The Hall–Kier alpha value is -3.48. The summed E-state index contributed by atoms with van der Waals surface area (Å²) < 4.78 is 6.52. The Morgan fingerprint density at radius 2 is 1.75 bits per heavy atom. The number of rotatable bonds is 3. The molecule has 0 saturated heterocycles. The van der Waals surface area contributed by atoms with E-state index in [9.17, 15) is 14.4 Å². The molecule has 142 valence electrons. The van der Waals surface area contributed by atoms with Crippen LogP contribution in [0.4, 0.5) is 5.69 Å². The first-order valence-electron chi connectivity index (χ1n) is 9.03. The van der Waals surface area contributed by atoms with Crippen LogP contribution < -0.4 is 10.5 Å². The molecule has 28 heavy (non-hydrogen) atoms. The number of nitrogens with zero attached hydrogens (tertiary/aromatic N) is 3. The van der Waals surface area contributed by atoms with Crippen molar-refractivity contribution in [1.82, 2.24) is 9.78 Å². The molecule has 0 radical (unpaired) electrons. The summed E-state index contributed by atoms with van der Waals surface area (Å²) in [4.78, 5) is 39.4. The maximum atomic E-state index is 12.8. The fourth-order valence-corrected chi connectivity index (χ4v) is 3.50. The zero-order valence-corrected chi connectivity index (χ0v) is 15.6. The van der Waals surface area contributed by atoms with Gasteiger partial charge < -0.3 is 9.64 Å². The van der Waals surface area contributed by atoms with E-state index in [-0.39, 0.29) is 17.2 Å². The minimum absolute atomic E-state index is 0.0131. The second-order valence-electron chi connectivity index (χ2n) is 6.74.